The van der Waals surface area contributed by atoms with Gasteiger partial charge in [-0.2, -0.15) is 0 Å². The van der Waals surface area contributed by atoms with Crippen LogP contribution in [0.5, 0.6) is 0 Å². The van der Waals surface area contributed by atoms with E-state index in [0.29, 0.717) is 31.3 Å². The van der Waals surface area contributed by atoms with Gasteiger partial charge in [0, 0.05) is 83.1 Å². The molecule has 0 aromatic heterocycles. The SMILES string of the molecule is CC[C@H](C)[C@@H]([C@@H](CC(=O)N1CCC[C@H]1[C@H](OC)[C@@H](C)C(=O)C[C@@H](Cc1ccccc1)C(=O)NCCOCCOCCN1C(=O)C=CC1=O)OC)N(C)C(=O)[C@@H](CC(=O)[C@@H]1[C@H]2CC[C@H](C2)N1C)C(C)C. The summed E-state index contributed by atoms with van der Waals surface area (Å²) in [4.78, 5) is 101. The number of nitrogens with zero attached hydrogens (tertiary/aromatic N) is 4. The number of fused-ring (bicyclic) bond motifs is 2. The van der Waals surface area contributed by atoms with Crippen molar-refractivity contribution < 1.29 is 52.5 Å². The number of carbonyl (C=O) groups excluding carboxylic acids is 7. The number of amides is 5. The first-order valence-electron chi connectivity index (χ1n) is 25.4. The van der Waals surface area contributed by atoms with Crippen LogP contribution in [0.4, 0.5) is 0 Å². The Bertz CT molecular complexity index is 1910. The molecule has 16 heteroatoms. The van der Waals surface area contributed by atoms with Crippen LogP contribution in [-0.2, 0) is 58.9 Å². The Labute approximate surface area is 410 Å². The standard InChI is InChI=1S/C53H81N5O11/c1-10-35(4)49(56(7)53(65)41(34(2)3)32-44(60)50-38-18-19-40(30-38)55(50)6)45(66-8)33-48(63)57-23-14-17-42(57)51(67-9)36(5)43(59)31-39(29-37-15-12-11-13-16-37)52(64)54-22-25-68-27-28-69-26-24-58-46(61)20-21-47(58)62/h11-13,15-16,20-21,34-36,38-42,45,49-51H,10,14,17-19,22-33H2,1-9H3,(H,54,64)/t35-,36-,38-,39+,40+,41-,42-,45+,49-,50-,51+/m0/s1. The minimum atomic E-state index is -0.665. The van der Waals surface area contributed by atoms with E-state index in [1.165, 1.54) is 12.2 Å². The zero-order valence-electron chi connectivity index (χ0n) is 42.8. The third kappa shape index (κ3) is 14.4. The molecule has 1 saturated carbocycles. The zero-order valence-corrected chi connectivity index (χ0v) is 42.8. The molecule has 0 unspecified atom stereocenters. The van der Waals surface area contributed by atoms with Gasteiger partial charge in [0.05, 0.1) is 69.7 Å². The van der Waals surface area contributed by atoms with Gasteiger partial charge >= 0.3 is 0 Å². The lowest BCUT2D eigenvalue weighted by molar-refractivity contribution is -0.149. The molecule has 5 amide bonds. The number of hydrogen-bond donors (Lipinski definition) is 1. The molecule has 2 bridgehead atoms. The molecule has 0 radical (unpaired) electrons. The van der Waals surface area contributed by atoms with Crippen LogP contribution in [0.15, 0.2) is 42.5 Å². The summed E-state index contributed by atoms with van der Waals surface area (Å²) < 4.78 is 23.3. The fraction of sp³-hybridized carbons (Fsp3) is 0.717. The van der Waals surface area contributed by atoms with Gasteiger partial charge in [0.2, 0.25) is 17.7 Å². The second kappa shape index (κ2) is 26.7. The van der Waals surface area contributed by atoms with Gasteiger partial charge in [-0.1, -0.05) is 71.4 Å². The summed E-state index contributed by atoms with van der Waals surface area (Å²) in [5.41, 5.74) is 0.919. The number of Topliss-reactive ketones (excluding diaryl/α,β-unsaturated/α-hetero) is 2. The third-order valence-electron chi connectivity index (χ3n) is 15.6. The number of imide groups is 1. The van der Waals surface area contributed by atoms with E-state index in [9.17, 15) is 33.6 Å². The van der Waals surface area contributed by atoms with E-state index < -0.39 is 36.0 Å². The average molecular weight is 964 g/mol. The number of rotatable bonds is 30. The Balaban J connectivity index is 1.17. The number of likely N-dealkylation sites (N-methyl/N-ethyl adjacent to an activating group) is 2. The maximum absolute atomic E-state index is 14.5. The summed E-state index contributed by atoms with van der Waals surface area (Å²) in [6.07, 6.45) is 7.11. The van der Waals surface area contributed by atoms with Crippen molar-refractivity contribution in [2.75, 3.05) is 74.4 Å². The third-order valence-corrected chi connectivity index (χ3v) is 15.6. The number of nitrogens with one attached hydrogen (secondary N) is 1. The lowest BCUT2D eigenvalue weighted by Gasteiger charge is -2.41. The first-order chi connectivity index (χ1) is 33.0. The van der Waals surface area contributed by atoms with Crippen molar-refractivity contribution in [3.8, 4) is 0 Å². The first kappa shape index (κ1) is 55.6. The highest BCUT2D eigenvalue weighted by atomic mass is 16.5. The molecule has 1 aromatic carbocycles. The van der Waals surface area contributed by atoms with Gasteiger partial charge in [-0.15, -0.1) is 0 Å². The predicted molar refractivity (Wildman–Crippen MR) is 261 cm³/mol. The van der Waals surface area contributed by atoms with Crippen molar-refractivity contribution in [3.05, 3.63) is 48.0 Å². The van der Waals surface area contributed by atoms with Crippen LogP contribution >= 0.6 is 0 Å². The van der Waals surface area contributed by atoms with Crippen molar-refractivity contribution in [2.24, 2.45) is 35.5 Å². The maximum Gasteiger partial charge on any atom is 0.253 e. The molecule has 69 heavy (non-hydrogen) atoms. The summed E-state index contributed by atoms with van der Waals surface area (Å²) >= 11 is 0. The van der Waals surface area contributed by atoms with E-state index >= 15 is 0 Å². The highest BCUT2D eigenvalue weighted by Gasteiger charge is 2.48. The molecule has 3 aliphatic heterocycles. The highest BCUT2D eigenvalue weighted by molar-refractivity contribution is 6.12. The fourth-order valence-corrected chi connectivity index (χ4v) is 11.4. The molecule has 1 aromatic rings. The number of carbonyl (C=O) groups is 7. The van der Waals surface area contributed by atoms with Gasteiger partial charge in [-0.25, -0.2) is 0 Å². The molecule has 3 fully saturated rings. The Morgan fingerprint density at radius 3 is 2.14 bits per heavy atom. The number of ether oxygens (including phenoxy) is 4. The molecule has 1 aliphatic carbocycles. The van der Waals surface area contributed by atoms with E-state index in [2.05, 4.69) is 24.1 Å². The predicted octanol–water partition coefficient (Wildman–Crippen LogP) is 4.51. The van der Waals surface area contributed by atoms with Crippen LogP contribution in [0, 0.1) is 35.5 Å². The van der Waals surface area contributed by atoms with Gasteiger partial charge < -0.3 is 34.1 Å². The Morgan fingerprint density at radius 1 is 0.855 bits per heavy atom. The Hall–Kier alpha value is -4.35. The molecule has 4 aliphatic rings. The fourth-order valence-electron chi connectivity index (χ4n) is 11.4. The number of methoxy groups -OCH3 is 2. The van der Waals surface area contributed by atoms with Crippen molar-refractivity contribution in [2.45, 2.75) is 135 Å². The molecule has 0 spiro atoms. The number of benzene rings is 1. The lowest BCUT2D eigenvalue weighted by Crippen LogP contribution is -2.54. The van der Waals surface area contributed by atoms with E-state index in [0.717, 1.165) is 42.6 Å². The highest BCUT2D eigenvalue weighted by Crippen LogP contribution is 2.43. The minimum Gasteiger partial charge on any atom is -0.379 e. The lowest BCUT2D eigenvalue weighted by atomic mass is 9.83. The monoisotopic (exact) mass is 964 g/mol. The topological polar surface area (TPSA) is 181 Å². The van der Waals surface area contributed by atoms with Crippen molar-refractivity contribution >= 4 is 41.1 Å². The van der Waals surface area contributed by atoms with Crippen molar-refractivity contribution in [1.29, 1.82) is 0 Å². The van der Waals surface area contributed by atoms with Gasteiger partial charge in [0.15, 0.2) is 5.78 Å². The van der Waals surface area contributed by atoms with E-state index in [1.54, 1.807) is 26.2 Å². The molecular formula is C53H81N5O11. The van der Waals surface area contributed by atoms with Crippen molar-refractivity contribution in [3.63, 3.8) is 0 Å². The molecule has 384 valence electrons. The van der Waals surface area contributed by atoms with Crippen LogP contribution in [0.1, 0.15) is 98.0 Å². The number of ketones is 2. The normalized spacial score (nSPS) is 23.3. The minimum absolute atomic E-state index is 0.0128. The molecule has 11 atom stereocenters. The second-order valence-electron chi connectivity index (χ2n) is 20.2. The van der Waals surface area contributed by atoms with Crippen LogP contribution < -0.4 is 5.32 Å². The van der Waals surface area contributed by atoms with Gasteiger partial charge in [0.25, 0.3) is 11.8 Å². The zero-order chi connectivity index (χ0) is 50.4. The second-order valence-corrected chi connectivity index (χ2v) is 20.2. The van der Waals surface area contributed by atoms with Gasteiger partial charge in [-0.3, -0.25) is 43.4 Å². The number of hydrogen-bond acceptors (Lipinski definition) is 12. The van der Waals surface area contributed by atoms with Crippen LogP contribution in [0.2, 0.25) is 0 Å². The van der Waals surface area contributed by atoms with E-state index in [-0.39, 0.29) is 124 Å². The maximum atomic E-state index is 14.5. The smallest absolute Gasteiger partial charge is 0.253 e. The molecule has 16 nitrogen and oxygen atoms in total. The summed E-state index contributed by atoms with van der Waals surface area (Å²) in [6, 6.07) is 9.05. The summed E-state index contributed by atoms with van der Waals surface area (Å²) in [5, 5.41) is 2.93. The number of likely N-dealkylation sites (tertiary alicyclic amines) is 2. The molecule has 2 saturated heterocycles. The first-order valence-corrected chi connectivity index (χ1v) is 25.4. The average Bonchev–Trinajstić information content (AvgIpc) is 4.15. The Morgan fingerprint density at radius 2 is 1.54 bits per heavy atom. The van der Waals surface area contributed by atoms with Crippen LogP contribution in [-0.4, -0.2) is 171 Å². The largest absolute Gasteiger partial charge is 0.379 e. The molecule has 1 N–H and O–H groups in total. The summed E-state index contributed by atoms with van der Waals surface area (Å²) in [7, 11) is 6.97. The van der Waals surface area contributed by atoms with Crippen molar-refractivity contribution in [1.82, 2.24) is 24.9 Å². The number of piperidine rings is 1. The molecule has 3 heterocycles. The Kier molecular flexibility index (Phi) is 21.5. The van der Waals surface area contributed by atoms with Crippen LogP contribution in [0.25, 0.3) is 0 Å². The van der Waals surface area contributed by atoms with Gasteiger partial charge in [0.1, 0.15) is 5.78 Å². The quantitative estimate of drug-likeness (QED) is 0.0844. The molecular weight excluding hydrogens is 883 g/mol. The van der Waals surface area contributed by atoms with E-state index in [1.807, 2.05) is 63.1 Å². The summed E-state index contributed by atoms with van der Waals surface area (Å²) in [5.74, 6) is -2.75. The van der Waals surface area contributed by atoms with E-state index in [4.69, 9.17) is 18.9 Å². The molecule has 5 rings (SSSR count). The summed E-state index contributed by atoms with van der Waals surface area (Å²) in [6.45, 7) is 11.7. The van der Waals surface area contributed by atoms with Crippen LogP contribution in [0.3, 0.4) is 0 Å². The van der Waals surface area contributed by atoms with Gasteiger partial charge in [-0.05, 0) is 68.9 Å².